The number of aromatic nitrogens is 4. The Bertz CT molecular complexity index is 2020. The number of hydrogen-bond donors (Lipinski definition) is 0. The first-order valence-electron chi connectivity index (χ1n) is 13.4. The lowest BCUT2D eigenvalue weighted by molar-refractivity contribution is 0.656. The van der Waals surface area contributed by atoms with Crippen molar-refractivity contribution in [3.63, 3.8) is 0 Å². The minimum Gasteiger partial charge on any atom is -0.456 e. The Labute approximate surface area is 231 Å². The monoisotopic (exact) mass is 516 g/mol. The molecule has 1 aliphatic rings. The van der Waals surface area contributed by atoms with Crippen LogP contribution < -0.4 is 0 Å². The Morgan fingerprint density at radius 2 is 1.23 bits per heavy atom. The summed E-state index contributed by atoms with van der Waals surface area (Å²) >= 11 is 0. The molecule has 190 valence electrons. The standard InChI is InChI=1S/C35H24N4O/c1-35(2)25-17-18-29-31(23-15-9-10-16-28(23)40-29)30(25)24-20-36-27(19-26(24)35)34-38-32(21-11-5-3-6-12-21)37-33(39-34)22-13-7-4-8-14-22/h3-20H,1-2H3. The lowest BCUT2D eigenvalue weighted by atomic mass is 9.82. The van der Waals surface area contributed by atoms with Crippen molar-refractivity contribution in [3.8, 4) is 45.4 Å². The van der Waals surface area contributed by atoms with Gasteiger partial charge in [0.05, 0.1) is 0 Å². The molecule has 0 bridgehead atoms. The molecule has 0 spiro atoms. The molecule has 5 nitrogen and oxygen atoms in total. The van der Waals surface area contributed by atoms with Crippen LogP contribution in [0.25, 0.3) is 67.4 Å². The molecule has 7 aromatic rings. The van der Waals surface area contributed by atoms with Crippen molar-refractivity contribution < 1.29 is 4.42 Å². The van der Waals surface area contributed by atoms with E-state index in [-0.39, 0.29) is 5.41 Å². The summed E-state index contributed by atoms with van der Waals surface area (Å²) in [6.07, 6.45) is 1.98. The largest absolute Gasteiger partial charge is 0.456 e. The maximum Gasteiger partial charge on any atom is 0.182 e. The van der Waals surface area contributed by atoms with E-state index in [2.05, 4.69) is 44.2 Å². The molecule has 0 unspecified atom stereocenters. The molecule has 0 atom stereocenters. The van der Waals surface area contributed by atoms with Crippen LogP contribution in [0.1, 0.15) is 25.0 Å². The van der Waals surface area contributed by atoms with Crippen LogP contribution in [-0.4, -0.2) is 19.9 Å². The molecule has 0 fully saturated rings. The lowest BCUT2D eigenvalue weighted by Crippen LogP contribution is -2.15. The fourth-order valence-corrected chi connectivity index (χ4v) is 5.98. The molecule has 0 amide bonds. The van der Waals surface area contributed by atoms with Gasteiger partial charge in [-0.25, -0.2) is 15.0 Å². The zero-order chi connectivity index (χ0) is 26.8. The van der Waals surface area contributed by atoms with Crippen LogP contribution in [0.5, 0.6) is 0 Å². The minimum atomic E-state index is -0.230. The third-order valence-corrected chi connectivity index (χ3v) is 7.99. The van der Waals surface area contributed by atoms with Crippen molar-refractivity contribution in [1.82, 2.24) is 19.9 Å². The first-order valence-corrected chi connectivity index (χ1v) is 13.4. The molecule has 40 heavy (non-hydrogen) atoms. The maximum absolute atomic E-state index is 6.22. The molecular formula is C35H24N4O. The number of pyridine rings is 1. The predicted octanol–water partition coefficient (Wildman–Crippen LogP) is 8.47. The highest BCUT2D eigenvalue weighted by molar-refractivity contribution is 6.14. The Morgan fingerprint density at radius 3 is 1.93 bits per heavy atom. The highest BCUT2D eigenvalue weighted by Gasteiger charge is 2.38. The summed E-state index contributed by atoms with van der Waals surface area (Å²) in [5.74, 6) is 1.81. The van der Waals surface area contributed by atoms with Crippen LogP contribution >= 0.6 is 0 Å². The van der Waals surface area contributed by atoms with E-state index in [0.717, 1.165) is 44.3 Å². The molecule has 3 aromatic heterocycles. The maximum atomic E-state index is 6.22. The summed E-state index contributed by atoms with van der Waals surface area (Å²) in [5, 5.41) is 2.27. The molecule has 1 aliphatic carbocycles. The van der Waals surface area contributed by atoms with E-state index in [4.69, 9.17) is 24.4 Å². The van der Waals surface area contributed by atoms with Gasteiger partial charge in [0.25, 0.3) is 0 Å². The van der Waals surface area contributed by atoms with Crippen LogP contribution in [0, 0.1) is 0 Å². The highest BCUT2D eigenvalue weighted by Crippen LogP contribution is 2.53. The van der Waals surface area contributed by atoms with Gasteiger partial charge in [-0.2, -0.15) is 0 Å². The molecular weight excluding hydrogens is 492 g/mol. The van der Waals surface area contributed by atoms with Gasteiger partial charge >= 0.3 is 0 Å². The Morgan fingerprint density at radius 1 is 0.600 bits per heavy atom. The van der Waals surface area contributed by atoms with Crippen molar-refractivity contribution in [2.45, 2.75) is 19.3 Å². The van der Waals surface area contributed by atoms with Crippen molar-refractivity contribution >= 4 is 21.9 Å². The fourth-order valence-electron chi connectivity index (χ4n) is 5.98. The van der Waals surface area contributed by atoms with Crippen LogP contribution in [-0.2, 0) is 5.41 Å². The number of benzene rings is 4. The van der Waals surface area contributed by atoms with Crippen LogP contribution in [0.15, 0.2) is 114 Å². The Balaban J connectivity index is 1.34. The summed E-state index contributed by atoms with van der Waals surface area (Å²) in [5.41, 5.74) is 8.96. The molecule has 5 heteroatoms. The van der Waals surface area contributed by atoms with Gasteiger partial charge in [-0.05, 0) is 34.9 Å². The van der Waals surface area contributed by atoms with E-state index < -0.39 is 0 Å². The van der Waals surface area contributed by atoms with Crippen molar-refractivity contribution in [1.29, 1.82) is 0 Å². The molecule has 0 N–H and O–H groups in total. The second kappa shape index (κ2) is 8.42. The van der Waals surface area contributed by atoms with E-state index in [0.29, 0.717) is 17.5 Å². The van der Waals surface area contributed by atoms with Crippen molar-refractivity contribution in [2.24, 2.45) is 0 Å². The van der Waals surface area contributed by atoms with Gasteiger partial charge in [-0.15, -0.1) is 0 Å². The molecule has 3 heterocycles. The highest BCUT2D eigenvalue weighted by atomic mass is 16.3. The molecule has 0 radical (unpaired) electrons. The average molecular weight is 517 g/mol. The number of nitrogens with zero attached hydrogens (tertiary/aromatic N) is 4. The van der Waals surface area contributed by atoms with Gasteiger partial charge in [0.1, 0.15) is 16.9 Å². The second-order valence-electron chi connectivity index (χ2n) is 10.7. The normalized spacial score (nSPS) is 13.4. The van der Waals surface area contributed by atoms with Gasteiger partial charge in [0.2, 0.25) is 0 Å². The summed E-state index contributed by atoms with van der Waals surface area (Å²) < 4.78 is 6.22. The van der Waals surface area contributed by atoms with Gasteiger partial charge < -0.3 is 4.42 Å². The van der Waals surface area contributed by atoms with Crippen LogP contribution in [0.4, 0.5) is 0 Å². The molecule has 0 aliphatic heterocycles. The third kappa shape index (κ3) is 3.34. The average Bonchev–Trinajstić information content (AvgIpc) is 3.50. The first-order chi connectivity index (χ1) is 19.6. The quantitative estimate of drug-likeness (QED) is 0.236. The molecule has 0 saturated carbocycles. The van der Waals surface area contributed by atoms with Crippen LogP contribution in [0.2, 0.25) is 0 Å². The summed E-state index contributed by atoms with van der Waals surface area (Å²) in [6.45, 7) is 4.54. The van der Waals surface area contributed by atoms with E-state index in [1.165, 1.54) is 16.7 Å². The summed E-state index contributed by atoms with van der Waals surface area (Å²) in [4.78, 5) is 19.6. The smallest absolute Gasteiger partial charge is 0.182 e. The van der Waals surface area contributed by atoms with Gasteiger partial charge in [-0.3, -0.25) is 4.98 Å². The Hall–Kier alpha value is -5.16. The lowest BCUT2D eigenvalue weighted by Gasteiger charge is -2.21. The predicted molar refractivity (Wildman–Crippen MR) is 159 cm³/mol. The third-order valence-electron chi connectivity index (χ3n) is 7.99. The fraction of sp³-hybridized carbons (Fsp3) is 0.0857. The van der Waals surface area contributed by atoms with Gasteiger partial charge in [0.15, 0.2) is 17.5 Å². The zero-order valence-corrected chi connectivity index (χ0v) is 22.1. The number of hydrogen-bond acceptors (Lipinski definition) is 5. The molecule has 0 saturated heterocycles. The van der Waals surface area contributed by atoms with Crippen molar-refractivity contribution in [3.05, 3.63) is 120 Å². The van der Waals surface area contributed by atoms with Crippen LogP contribution in [0.3, 0.4) is 0 Å². The SMILES string of the molecule is CC1(C)c2cc(-c3nc(-c4ccccc4)nc(-c4ccccc4)n3)ncc2-c2c1ccc1oc3ccccc3c21. The first kappa shape index (κ1) is 22.8. The number of para-hydroxylation sites is 1. The van der Waals surface area contributed by atoms with Gasteiger partial charge in [0, 0.05) is 39.1 Å². The minimum absolute atomic E-state index is 0.230. The van der Waals surface area contributed by atoms with E-state index >= 15 is 0 Å². The molecule has 4 aromatic carbocycles. The summed E-state index contributed by atoms with van der Waals surface area (Å²) in [6, 6.07) is 34.7. The molecule has 8 rings (SSSR count). The van der Waals surface area contributed by atoms with Gasteiger partial charge in [-0.1, -0.05) is 98.8 Å². The van der Waals surface area contributed by atoms with E-state index in [9.17, 15) is 0 Å². The Kier molecular flexibility index (Phi) is 4.80. The van der Waals surface area contributed by atoms with E-state index in [1.807, 2.05) is 79.0 Å². The number of rotatable bonds is 3. The number of fused-ring (bicyclic) bond motifs is 7. The second-order valence-corrected chi connectivity index (χ2v) is 10.7. The zero-order valence-electron chi connectivity index (χ0n) is 22.1. The topological polar surface area (TPSA) is 64.7 Å². The van der Waals surface area contributed by atoms with Crippen molar-refractivity contribution in [2.75, 3.05) is 0 Å². The van der Waals surface area contributed by atoms with E-state index in [1.54, 1.807) is 0 Å². The summed E-state index contributed by atoms with van der Waals surface area (Å²) in [7, 11) is 0. The number of furan rings is 1.